The van der Waals surface area contributed by atoms with Gasteiger partial charge in [0.05, 0.1) is 38.1 Å². The standard InChI is InChI=1S/C37H36O11/c1-41-32-31(47-37(40)45-27-18-10-5-11-19-27)30(24-43-22-25-14-6-3-7-15-25)46-36(33(32)44-23-26-16-8-4-9-17-26)48-35(39)29-21-13-12-20-28(29)34(38)42-2/h3-21,30-33,36H,22-24H2,1-2H3/t30-,31-,32+,33+,36?/m1/s1. The Labute approximate surface area is 278 Å². The number of methoxy groups -OCH3 is 2. The molecule has 1 unspecified atom stereocenters. The van der Waals surface area contributed by atoms with Crippen molar-refractivity contribution < 1.29 is 52.3 Å². The van der Waals surface area contributed by atoms with E-state index in [1.54, 1.807) is 42.5 Å². The van der Waals surface area contributed by atoms with Crippen molar-refractivity contribution in [2.75, 3.05) is 20.8 Å². The van der Waals surface area contributed by atoms with E-state index in [1.165, 1.54) is 26.4 Å². The third-order valence-electron chi connectivity index (χ3n) is 7.49. The van der Waals surface area contributed by atoms with Gasteiger partial charge in [-0.25, -0.2) is 14.4 Å². The minimum Gasteiger partial charge on any atom is -0.465 e. The molecule has 0 radical (unpaired) electrons. The minimum atomic E-state index is -1.38. The molecule has 1 saturated heterocycles. The van der Waals surface area contributed by atoms with Crippen molar-refractivity contribution in [3.8, 4) is 5.75 Å². The highest BCUT2D eigenvalue weighted by Gasteiger charge is 2.51. The van der Waals surface area contributed by atoms with Gasteiger partial charge < -0.3 is 37.9 Å². The van der Waals surface area contributed by atoms with E-state index in [4.69, 9.17) is 37.9 Å². The van der Waals surface area contributed by atoms with E-state index in [0.29, 0.717) is 0 Å². The molecule has 0 aliphatic carbocycles. The van der Waals surface area contributed by atoms with Crippen LogP contribution in [0.25, 0.3) is 0 Å². The number of esters is 2. The zero-order chi connectivity index (χ0) is 33.7. The highest BCUT2D eigenvalue weighted by molar-refractivity contribution is 6.03. The number of hydrogen-bond donors (Lipinski definition) is 0. The summed E-state index contributed by atoms with van der Waals surface area (Å²) in [6.45, 7) is 0.221. The Morgan fingerprint density at radius 2 is 1.19 bits per heavy atom. The van der Waals surface area contributed by atoms with Crippen molar-refractivity contribution in [3.05, 3.63) is 138 Å². The molecule has 5 atom stereocenters. The summed E-state index contributed by atoms with van der Waals surface area (Å²) >= 11 is 0. The van der Waals surface area contributed by atoms with Gasteiger partial charge in [0.2, 0.25) is 6.29 Å². The molecule has 4 aromatic carbocycles. The third-order valence-corrected chi connectivity index (χ3v) is 7.49. The van der Waals surface area contributed by atoms with Crippen LogP contribution < -0.4 is 4.74 Å². The predicted molar refractivity (Wildman–Crippen MR) is 171 cm³/mol. The summed E-state index contributed by atoms with van der Waals surface area (Å²) in [4.78, 5) is 39.1. The fourth-order valence-electron chi connectivity index (χ4n) is 5.17. The van der Waals surface area contributed by atoms with Crippen molar-refractivity contribution in [2.45, 2.75) is 43.9 Å². The summed E-state index contributed by atoms with van der Waals surface area (Å²) in [5.74, 6) is -1.30. The zero-order valence-corrected chi connectivity index (χ0v) is 26.5. The first kappa shape index (κ1) is 34.3. The molecule has 1 fully saturated rings. The molecular weight excluding hydrogens is 620 g/mol. The molecule has 5 rings (SSSR count). The van der Waals surface area contributed by atoms with E-state index in [0.717, 1.165) is 11.1 Å². The summed E-state index contributed by atoms with van der Waals surface area (Å²) in [6, 6.07) is 33.3. The van der Waals surface area contributed by atoms with Gasteiger partial charge in [0.1, 0.15) is 18.0 Å². The number of para-hydroxylation sites is 1. The van der Waals surface area contributed by atoms with Crippen molar-refractivity contribution in [1.82, 2.24) is 0 Å². The van der Waals surface area contributed by atoms with Crippen LogP contribution in [0.2, 0.25) is 0 Å². The quantitative estimate of drug-likeness (QED) is 0.0992. The Kier molecular flexibility index (Phi) is 12.3. The van der Waals surface area contributed by atoms with E-state index in [2.05, 4.69) is 0 Å². The lowest BCUT2D eigenvalue weighted by molar-refractivity contribution is -0.303. The summed E-state index contributed by atoms with van der Waals surface area (Å²) in [6.07, 6.45) is -6.65. The lowest BCUT2D eigenvalue weighted by Crippen LogP contribution is -2.62. The van der Waals surface area contributed by atoms with Crippen LogP contribution in [0.3, 0.4) is 0 Å². The van der Waals surface area contributed by atoms with E-state index < -0.39 is 48.8 Å². The molecule has 48 heavy (non-hydrogen) atoms. The maximum absolute atomic E-state index is 13.6. The minimum absolute atomic E-state index is 0.0125. The largest absolute Gasteiger partial charge is 0.514 e. The molecule has 4 aromatic rings. The highest BCUT2D eigenvalue weighted by Crippen LogP contribution is 2.31. The number of carbonyl (C=O) groups excluding carboxylic acids is 3. The van der Waals surface area contributed by atoms with Crippen LogP contribution in [0.15, 0.2) is 115 Å². The average molecular weight is 657 g/mol. The van der Waals surface area contributed by atoms with Gasteiger partial charge in [0.15, 0.2) is 12.2 Å². The monoisotopic (exact) mass is 656 g/mol. The first-order valence-electron chi connectivity index (χ1n) is 15.2. The van der Waals surface area contributed by atoms with Crippen LogP contribution >= 0.6 is 0 Å². The molecule has 0 amide bonds. The molecule has 11 heteroatoms. The molecule has 1 aliphatic heterocycles. The van der Waals surface area contributed by atoms with E-state index in [-0.39, 0.29) is 36.7 Å². The molecule has 1 aliphatic rings. The normalized spacial score (nSPS) is 20.3. The summed E-state index contributed by atoms with van der Waals surface area (Å²) in [7, 11) is 2.63. The second kappa shape index (κ2) is 17.2. The van der Waals surface area contributed by atoms with Gasteiger partial charge in [0.25, 0.3) is 0 Å². The lowest BCUT2D eigenvalue weighted by Gasteiger charge is -2.44. The fourth-order valence-corrected chi connectivity index (χ4v) is 5.17. The molecule has 11 nitrogen and oxygen atoms in total. The molecule has 0 N–H and O–H groups in total. The molecule has 250 valence electrons. The molecule has 0 spiro atoms. The maximum atomic E-state index is 13.6. The lowest BCUT2D eigenvalue weighted by atomic mass is 9.98. The van der Waals surface area contributed by atoms with Gasteiger partial charge in [-0.05, 0) is 35.4 Å². The average Bonchev–Trinajstić information content (AvgIpc) is 3.12. The fraction of sp³-hybridized carbons (Fsp3) is 0.270. The number of hydrogen-bond acceptors (Lipinski definition) is 11. The second-order valence-corrected chi connectivity index (χ2v) is 10.7. The molecule has 1 heterocycles. The Hall–Kier alpha value is -5.07. The van der Waals surface area contributed by atoms with Gasteiger partial charge in [-0.3, -0.25) is 0 Å². The van der Waals surface area contributed by atoms with Gasteiger partial charge in [-0.1, -0.05) is 91.0 Å². The van der Waals surface area contributed by atoms with E-state index in [1.807, 2.05) is 60.7 Å². The SMILES string of the molecule is COC(=O)c1ccccc1C(=O)OC1O[C@H](COCc2ccccc2)[C@@H](OC(=O)Oc2ccccc2)[C@H](OC)[C@@H]1OCc1ccccc1. The van der Waals surface area contributed by atoms with Crippen molar-refractivity contribution in [2.24, 2.45) is 0 Å². The summed E-state index contributed by atoms with van der Waals surface area (Å²) in [5, 5.41) is 0. The van der Waals surface area contributed by atoms with Crippen molar-refractivity contribution in [1.29, 1.82) is 0 Å². The number of benzene rings is 4. The number of rotatable bonds is 13. The van der Waals surface area contributed by atoms with Gasteiger partial charge in [0, 0.05) is 7.11 Å². The Balaban J connectivity index is 1.44. The molecular formula is C37H36O11. The van der Waals surface area contributed by atoms with Crippen LogP contribution in [-0.2, 0) is 46.4 Å². The molecule has 0 aromatic heterocycles. The maximum Gasteiger partial charge on any atom is 0.514 e. The molecule has 0 bridgehead atoms. The topological polar surface area (TPSA) is 125 Å². The number of carbonyl (C=O) groups is 3. The second-order valence-electron chi connectivity index (χ2n) is 10.7. The zero-order valence-electron chi connectivity index (χ0n) is 26.5. The molecule has 0 saturated carbocycles. The highest BCUT2D eigenvalue weighted by atomic mass is 16.8. The van der Waals surface area contributed by atoms with Gasteiger partial charge in [-0.2, -0.15) is 0 Å². The van der Waals surface area contributed by atoms with E-state index in [9.17, 15) is 14.4 Å². The number of ether oxygens (including phenoxy) is 8. The summed E-state index contributed by atoms with van der Waals surface area (Å²) < 4.78 is 46.5. The van der Waals surface area contributed by atoms with Crippen molar-refractivity contribution in [3.63, 3.8) is 0 Å². The van der Waals surface area contributed by atoms with Gasteiger partial charge >= 0.3 is 18.1 Å². The van der Waals surface area contributed by atoms with Crippen LogP contribution in [0, 0.1) is 0 Å². The first-order chi connectivity index (χ1) is 23.5. The van der Waals surface area contributed by atoms with Crippen LogP contribution in [0.5, 0.6) is 5.75 Å². The Morgan fingerprint density at radius 1 is 0.625 bits per heavy atom. The van der Waals surface area contributed by atoms with Crippen LogP contribution in [-0.4, -0.2) is 69.6 Å². The summed E-state index contributed by atoms with van der Waals surface area (Å²) in [5.41, 5.74) is 1.70. The Bertz CT molecular complexity index is 1610. The third kappa shape index (κ3) is 9.05. The first-order valence-corrected chi connectivity index (χ1v) is 15.2. The van der Waals surface area contributed by atoms with Crippen LogP contribution in [0.4, 0.5) is 4.79 Å². The van der Waals surface area contributed by atoms with Gasteiger partial charge in [-0.15, -0.1) is 0 Å². The van der Waals surface area contributed by atoms with E-state index >= 15 is 0 Å². The van der Waals surface area contributed by atoms with Crippen LogP contribution in [0.1, 0.15) is 31.8 Å². The predicted octanol–water partition coefficient (Wildman–Crippen LogP) is 5.76. The Morgan fingerprint density at radius 3 is 1.79 bits per heavy atom. The van der Waals surface area contributed by atoms with Crippen molar-refractivity contribution >= 4 is 18.1 Å². The smallest absolute Gasteiger partial charge is 0.465 e.